The summed E-state index contributed by atoms with van der Waals surface area (Å²) in [6, 6.07) is 17.9. The topological polar surface area (TPSA) is 46.3 Å². The summed E-state index contributed by atoms with van der Waals surface area (Å²) in [5.41, 5.74) is 8.52. The second kappa shape index (κ2) is 8.74. The molecule has 0 aromatic heterocycles. The van der Waals surface area contributed by atoms with Crippen molar-refractivity contribution in [3.63, 3.8) is 0 Å². The van der Waals surface area contributed by atoms with Crippen LogP contribution < -0.4 is 5.73 Å². The van der Waals surface area contributed by atoms with Crippen molar-refractivity contribution in [3.05, 3.63) is 65.7 Å². The number of halogens is 1. The number of amides is 1. The largest absolute Gasteiger partial charge is 0.399 e. The lowest BCUT2D eigenvalue weighted by atomic mass is 9.90. The van der Waals surface area contributed by atoms with Gasteiger partial charge in [0.2, 0.25) is 0 Å². The second-order valence-corrected chi connectivity index (χ2v) is 6.38. The molecule has 2 aromatic carbocycles. The van der Waals surface area contributed by atoms with Crippen LogP contribution in [-0.4, -0.2) is 23.9 Å². The average molecular weight is 345 g/mol. The normalized spacial score (nSPS) is 14.9. The molecule has 4 heteroatoms. The number of nitrogen functional groups attached to an aromatic ring is 1. The summed E-state index contributed by atoms with van der Waals surface area (Å²) in [5, 5.41) is 0. The van der Waals surface area contributed by atoms with Crippen LogP contribution in [0.1, 0.15) is 35.2 Å². The number of anilines is 1. The summed E-state index contributed by atoms with van der Waals surface area (Å²) in [6.07, 6.45) is 4.56. The van der Waals surface area contributed by atoms with Gasteiger partial charge in [-0.1, -0.05) is 30.3 Å². The molecule has 0 spiro atoms. The Morgan fingerprint density at radius 2 is 1.62 bits per heavy atom. The number of carbonyl (C=O) groups excluding carboxylic acids is 1. The molecule has 3 nitrogen and oxygen atoms in total. The Bertz CT molecular complexity index is 634. The zero-order valence-corrected chi connectivity index (χ0v) is 14.7. The summed E-state index contributed by atoms with van der Waals surface area (Å²) in [6.45, 7) is 1.73. The van der Waals surface area contributed by atoms with Crippen LogP contribution in [-0.2, 0) is 6.42 Å². The molecule has 1 amide bonds. The van der Waals surface area contributed by atoms with Gasteiger partial charge in [-0.2, -0.15) is 0 Å². The Kier molecular flexibility index (Phi) is 6.68. The number of nitrogens with two attached hydrogens (primary N) is 1. The molecule has 2 aromatic rings. The van der Waals surface area contributed by atoms with Gasteiger partial charge in [-0.05, 0) is 61.4 Å². The van der Waals surface area contributed by atoms with E-state index in [2.05, 4.69) is 30.3 Å². The van der Waals surface area contributed by atoms with Crippen LogP contribution in [0.15, 0.2) is 54.6 Å². The van der Waals surface area contributed by atoms with Gasteiger partial charge in [0, 0.05) is 24.3 Å². The van der Waals surface area contributed by atoms with Crippen LogP contribution in [0.3, 0.4) is 0 Å². The standard InChI is InChI=1S/C20H24N2O.ClH/c21-19-10-8-18(9-11-19)20(23)22-14-12-17(13-15-22)7-6-16-4-2-1-3-5-16;/h1-5,8-11,17H,6-7,12-15,21H2;1H. The third-order valence-corrected chi connectivity index (χ3v) is 4.74. The van der Waals surface area contributed by atoms with E-state index < -0.39 is 0 Å². The lowest BCUT2D eigenvalue weighted by Crippen LogP contribution is -2.38. The average Bonchev–Trinajstić information content (AvgIpc) is 2.61. The van der Waals surface area contributed by atoms with E-state index in [0.717, 1.165) is 43.8 Å². The Hall–Kier alpha value is -2.00. The van der Waals surface area contributed by atoms with Gasteiger partial charge < -0.3 is 10.6 Å². The Morgan fingerprint density at radius 1 is 1.00 bits per heavy atom. The Balaban J connectivity index is 0.00000208. The minimum Gasteiger partial charge on any atom is -0.399 e. The molecule has 0 aliphatic carbocycles. The summed E-state index contributed by atoms with van der Waals surface area (Å²) in [7, 11) is 0. The second-order valence-electron chi connectivity index (χ2n) is 6.38. The zero-order chi connectivity index (χ0) is 16.1. The van der Waals surface area contributed by atoms with Crippen molar-refractivity contribution in [2.75, 3.05) is 18.8 Å². The number of likely N-dealkylation sites (tertiary alicyclic amines) is 1. The van der Waals surface area contributed by atoms with Crippen LogP contribution >= 0.6 is 12.4 Å². The summed E-state index contributed by atoms with van der Waals surface area (Å²) in [5.74, 6) is 0.859. The lowest BCUT2D eigenvalue weighted by Gasteiger charge is -2.32. The number of piperidine rings is 1. The maximum absolute atomic E-state index is 12.5. The number of aryl methyl sites for hydroxylation is 1. The fourth-order valence-electron chi connectivity index (χ4n) is 3.25. The van der Waals surface area contributed by atoms with Gasteiger partial charge in [0.15, 0.2) is 0 Å². The van der Waals surface area contributed by atoms with E-state index in [1.54, 1.807) is 12.1 Å². The first-order valence-electron chi connectivity index (χ1n) is 8.41. The Morgan fingerprint density at radius 3 is 2.25 bits per heavy atom. The van der Waals surface area contributed by atoms with Gasteiger partial charge in [0.25, 0.3) is 5.91 Å². The van der Waals surface area contributed by atoms with Gasteiger partial charge >= 0.3 is 0 Å². The molecule has 0 atom stereocenters. The molecular weight excluding hydrogens is 320 g/mol. The molecule has 1 aliphatic heterocycles. The molecule has 1 fully saturated rings. The predicted octanol–water partition coefficient (Wildman–Crippen LogP) is 4.18. The maximum atomic E-state index is 12.5. The van der Waals surface area contributed by atoms with E-state index in [1.165, 1.54) is 12.0 Å². The molecule has 0 radical (unpaired) electrons. The van der Waals surface area contributed by atoms with Crippen molar-refractivity contribution >= 4 is 24.0 Å². The minimum absolute atomic E-state index is 0. The molecular formula is C20H25ClN2O. The molecule has 1 heterocycles. The van der Waals surface area contributed by atoms with Gasteiger partial charge in [0.05, 0.1) is 0 Å². The van der Waals surface area contributed by atoms with E-state index in [1.807, 2.05) is 17.0 Å². The highest BCUT2D eigenvalue weighted by Crippen LogP contribution is 2.23. The quantitative estimate of drug-likeness (QED) is 0.846. The summed E-state index contributed by atoms with van der Waals surface area (Å²) >= 11 is 0. The highest BCUT2D eigenvalue weighted by molar-refractivity contribution is 5.94. The fraction of sp³-hybridized carbons (Fsp3) is 0.350. The number of rotatable bonds is 4. The van der Waals surface area contributed by atoms with Crippen molar-refractivity contribution in [1.29, 1.82) is 0 Å². The number of benzene rings is 2. The minimum atomic E-state index is 0. The van der Waals surface area contributed by atoms with Crippen LogP contribution in [0.25, 0.3) is 0 Å². The van der Waals surface area contributed by atoms with Crippen molar-refractivity contribution in [1.82, 2.24) is 4.90 Å². The van der Waals surface area contributed by atoms with Crippen LogP contribution in [0.4, 0.5) is 5.69 Å². The van der Waals surface area contributed by atoms with E-state index in [0.29, 0.717) is 5.69 Å². The number of hydrogen-bond donors (Lipinski definition) is 1. The van der Waals surface area contributed by atoms with Gasteiger partial charge in [0.1, 0.15) is 0 Å². The van der Waals surface area contributed by atoms with E-state index in [9.17, 15) is 4.79 Å². The van der Waals surface area contributed by atoms with Crippen LogP contribution in [0.5, 0.6) is 0 Å². The van der Waals surface area contributed by atoms with Gasteiger partial charge in [-0.15, -0.1) is 12.4 Å². The number of nitrogens with zero attached hydrogens (tertiary/aromatic N) is 1. The molecule has 2 N–H and O–H groups in total. The first-order chi connectivity index (χ1) is 11.2. The zero-order valence-electron chi connectivity index (χ0n) is 13.9. The molecule has 1 aliphatic rings. The molecule has 128 valence electrons. The molecule has 24 heavy (non-hydrogen) atoms. The fourth-order valence-corrected chi connectivity index (χ4v) is 3.25. The van der Waals surface area contributed by atoms with Crippen molar-refractivity contribution in [3.8, 4) is 0 Å². The van der Waals surface area contributed by atoms with Gasteiger partial charge in [-0.25, -0.2) is 0 Å². The molecule has 0 unspecified atom stereocenters. The van der Waals surface area contributed by atoms with E-state index >= 15 is 0 Å². The monoisotopic (exact) mass is 344 g/mol. The molecule has 1 saturated heterocycles. The summed E-state index contributed by atoms with van der Waals surface area (Å²) in [4.78, 5) is 14.5. The van der Waals surface area contributed by atoms with Crippen LogP contribution in [0.2, 0.25) is 0 Å². The third kappa shape index (κ3) is 4.75. The number of hydrogen-bond acceptors (Lipinski definition) is 2. The number of carbonyl (C=O) groups is 1. The van der Waals surface area contributed by atoms with Gasteiger partial charge in [-0.3, -0.25) is 4.79 Å². The third-order valence-electron chi connectivity index (χ3n) is 4.74. The molecule has 0 bridgehead atoms. The first kappa shape index (κ1) is 18.3. The van der Waals surface area contributed by atoms with Crippen molar-refractivity contribution < 1.29 is 4.79 Å². The smallest absolute Gasteiger partial charge is 0.253 e. The van der Waals surface area contributed by atoms with Crippen molar-refractivity contribution in [2.24, 2.45) is 5.92 Å². The first-order valence-corrected chi connectivity index (χ1v) is 8.41. The van der Waals surface area contributed by atoms with Crippen LogP contribution in [0, 0.1) is 5.92 Å². The highest BCUT2D eigenvalue weighted by Gasteiger charge is 2.23. The van der Waals surface area contributed by atoms with E-state index in [-0.39, 0.29) is 18.3 Å². The molecule has 3 rings (SSSR count). The molecule has 0 saturated carbocycles. The van der Waals surface area contributed by atoms with E-state index in [4.69, 9.17) is 5.73 Å². The highest BCUT2D eigenvalue weighted by atomic mass is 35.5. The van der Waals surface area contributed by atoms with Crippen molar-refractivity contribution in [2.45, 2.75) is 25.7 Å². The maximum Gasteiger partial charge on any atom is 0.253 e. The predicted molar refractivity (Wildman–Crippen MR) is 101 cm³/mol. The Labute approximate surface area is 150 Å². The SMILES string of the molecule is Cl.Nc1ccc(C(=O)N2CCC(CCc3ccccc3)CC2)cc1. The summed E-state index contributed by atoms with van der Waals surface area (Å²) < 4.78 is 0. The lowest BCUT2D eigenvalue weighted by molar-refractivity contribution is 0.0687.